The second kappa shape index (κ2) is 3.39. The lowest BCUT2D eigenvalue weighted by Gasteiger charge is -2.08. The summed E-state index contributed by atoms with van der Waals surface area (Å²) in [5, 5.41) is 9.17. The number of carbonyl (C=O) groups excluding carboxylic acids is 1. The number of carbonyl (C=O) groups is 1. The Kier molecular flexibility index (Phi) is 2.48. The molecule has 2 nitrogen and oxygen atoms in total. The molecule has 1 aromatic rings. The van der Waals surface area contributed by atoms with Gasteiger partial charge in [0.2, 0.25) is 0 Å². The summed E-state index contributed by atoms with van der Waals surface area (Å²) in [6.45, 7) is 3.98. The summed E-state index contributed by atoms with van der Waals surface area (Å²) in [6.07, 6.45) is 0.814. The quantitative estimate of drug-likeness (QED) is 0.681. The van der Waals surface area contributed by atoms with Crippen molar-refractivity contribution in [1.29, 1.82) is 0 Å². The fourth-order valence-corrected chi connectivity index (χ4v) is 1.17. The largest absolute Gasteiger partial charge is 0.508 e. The van der Waals surface area contributed by atoms with E-state index in [2.05, 4.69) is 0 Å². The first-order valence-corrected chi connectivity index (χ1v) is 3.93. The topological polar surface area (TPSA) is 37.3 Å². The number of phenols is 1. The van der Waals surface area contributed by atoms with Gasteiger partial charge in [-0.05, 0) is 29.7 Å². The molecular weight excluding hydrogens is 152 g/mol. The summed E-state index contributed by atoms with van der Waals surface area (Å²) in [5.41, 5.74) is 1.55. The third-order valence-corrected chi connectivity index (χ3v) is 1.82. The zero-order valence-corrected chi connectivity index (χ0v) is 7.24. The monoisotopic (exact) mass is 164 g/mol. The van der Waals surface area contributed by atoms with Crippen LogP contribution in [0.15, 0.2) is 18.2 Å². The van der Waals surface area contributed by atoms with Gasteiger partial charge in [-0.15, -0.1) is 0 Å². The standard InChI is InChI=1S/C10H12O2/c1-7(2)10-5-9(12)4-3-8(10)6-11/h3-7,12H,1-2H3. The number of benzene rings is 1. The molecule has 0 atom stereocenters. The third kappa shape index (κ3) is 1.64. The third-order valence-electron chi connectivity index (χ3n) is 1.82. The van der Waals surface area contributed by atoms with Crippen LogP contribution >= 0.6 is 0 Å². The van der Waals surface area contributed by atoms with Gasteiger partial charge in [0.25, 0.3) is 0 Å². The molecule has 0 radical (unpaired) electrons. The lowest BCUT2D eigenvalue weighted by Crippen LogP contribution is -1.94. The number of aromatic hydroxyl groups is 1. The van der Waals surface area contributed by atoms with Crippen LogP contribution in [0.25, 0.3) is 0 Å². The molecule has 2 heteroatoms. The maximum atomic E-state index is 10.6. The first kappa shape index (κ1) is 8.78. The fourth-order valence-electron chi connectivity index (χ4n) is 1.17. The van der Waals surface area contributed by atoms with Crippen LogP contribution in [0.3, 0.4) is 0 Å². The van der Waals surface area contributed by atoms with Crippen molar-refractivity contribution in [2.24, 2.45) is 0 Å². The lowest BCUT2D eigenvalue weighted by molar-refractivity contribution is 0.112. The van der Waals surface area contributed by atoms with Gasteiger partial charge >= 0.3 is 0 Å². The SMILES string of the molecule is CC(C)c1cc(O)ccc1C=O. The first-order valence-electron chi connectivity index (χ1n) is 3.93. The highest BCUT2D eigenvalue weighted by molar-refractivity contribution is 5.78. The van der Waals surface area contributed by atoms with E-state index in [9.17, 15) is 4.79 Å². The van der Waals surface area contributed by atoms with Crippen LogP contribution in [0.5, 0.6) is 5.75 Å². The Balaban J connectivity index is 3.21. The molecule has 64 valence electrons. The lowest BCUT2D eigenvalue weighted by atomic mass is 9.98. The van der Waals surface area contributed by atoms with Gasteiger partial charge < -0.3 is 5.11 Å². The molecule has 0 heterocycles. The van der Waals surface area contributed by atoms with Gasteiger partial charge in [0, 0.05) is 5.56 Å². The summed E-state index contributed by atoms with van der Waals surface area (Å²) in [7, 11) is 0. The van der Waals surface area contributed by atoms with Crippen LogP contribution in [0, 0.1) is 0 Å². The van der Waals surface area contributed by atoms with Crippen LogP contribution in [0.4, 0.5) is 0 Å². The molecule has 0 bridgehead atoms. The molecule has 1 rings (SSSR count). The van der Waals surface area contributed by atoms with E-state index in [1.807, 2.05) is 13.8 Å². The predicted molar refractivity (Wildman–Crippen MR) is 47.6 cm³/mol. The molecule has 0 saturated carbocycles. The molecule has 0 aliphatic carbocycles. The zero-order valence-electron chi connectivity index (χ0n) is 7.24. The highest BCUT2D eigenvalue weighted by Crippen LogP contribution is 2.22. The van der Waals surface area contributed by atoms with Crippen molar-refractivity contribution < 1.29 is 9.90 Å². The Morgan fingerprint density at radius 1 is 1.42 bits per heavy atom. The van der Waals surface area contributed by atoms with Gasteiger partial charge in [0.05, 0.1) is 0 Å². The predicted octanol–water partition coefficient (Wildman–Crippen LogP) is 2.33. The van der Waals surface area contributed by atoms with Gasteiger partial charge in [-0.1, -0.05) is 13.8 Å². The average Bonchev–Trinajstić information content (AvgIpc) is 2.04. The Hall–Kier alpha value is -1.31. The maximum absolute atomic E-state index is 10.6. The van der Waals surface area contributed by atoms with E-state index in [1.165, 1.54) is 6.07 Å². The minimum atomic E-state index is 0.212. The molecule has 0 fully saturated rings. The minimum Gasteiger partial charge on any atom is -0.508 e. The second-order valence-corrected chi connectivity index (χ2v) is 3.09. The van der Waals surface area contributed by atoms with Crippen molar-refractivity contribution in [2.45, 2.75) is 19.8 Å². The smallest absolute Gasteiger partial charge is 0.150 e. The van der Waals surface area contributed by atoms with E-state index in [4.69, 9.17) is 5.11 Å². The van der Waals surface area contributed by atoms with Gasteiger partial charge in [-0.3, -0.25) is 4.79 Å². The molecule has 0 saturated heterocycles. The summed E-state index contributed by atoms with van der Waals surface area (Å²) < 4.78 is 0. The Morgan fingerprint density at radius 3 is 2.58 bits per heavy atom. The Bertz CT molecular complexity index is 290. The van der Waals surface area contributed by atoms with Crippen molar-refractivity contribution in [2.75, 3.05) is 0 Å². The van der Waals surface area contributed by atoms with E-state index < -0.39 is 0 Å². The Labute approximate surface area is 71.8 Å². The maximum Gasteiger partial charge on any atom is 0.150 e. The summed E-state index contributed by atoms with van der Waals surface area (Å²) in [4.78, 5) is 10.6. The van der Waals surface area contributed by atoms with Crippen LogP contribution in [0.2, 0.25) is 0 Å². The van der Waals surface area contributed by atoms with Gasteiger partial charge in [-0.2, -0.15) is 0 Å². The molecule has 0 unspecified atom stereocenters. The molecule has 12 heavy (non-hydrogen) atoms. The second-order valence-electron chi connectivity index (χ2n) is 3.09. The van der Waals surface area contributed by atoms with Crippen molar-refractivity contribution in [1.82, 2.24) is 0 Å². The number of phenolic OH excluding ortho intramolecular Hbond substituents is 1. The van der Waals surface area contributed by atoms with E-state index in [1.54, 1.807) is 12.1 Å². The van der Waals surface area contributed by atoms with Crippen LogP contribution in [-0.4, -0.2) is 11.4 Å². The summed E-state index contributed by atoms with van der Waals surface area (Å²) >= 11 is 0. The molecule has 0 spiro atoms. The zero-order chi connectivity index (χ0) is 9.14. The molecule has 1 N–H and O–H groups in total. The molecule has 0 aromatic heterocycles. The van der Waals surface area contributed by atoms with Gasteiger partial charge in [-0.25, -0.2) is 0 Å². The van der Waals surface area contributed by atoms with Gasteiger partial charge in [0.1, 0.15) is 12.0 Å². The number of hydrogen-bond donors (Lipinski definition) is 1. The molecule has 0 aliphatic heterocycles. The van der Waals surface area contributed by atoms with Crippen molar-refractivity contribution in [3.63, 3.8) is 0 Å². The van der Waals surface area contributed by atoms with Crippen molar-refractivity contribution in [3.05, 3.63) is 29.3 Å². The number of rotatable bonds is 2. The molecule has 0 amide bonds. The highest BCUT2D eigenvalue weighted by Gasteiger charge is 2.05. The van der Waals surface area contributed by atoms with Crippen LogP contribution in [-0.2, 0) is 0 Å². The summed E-state index contributed by atoms with van der Waals surface area (Å²) in [5.74, 6) is 0.474. The number of hydrogen-bond acceptors (Lipinski definition) is 2. The normalized spacial score (nSPS) is 10.2. The van der Waals surface area contributed by atoms with E-state index in [0.717, 1.165) is 11.8 Å². The summed E-state index contributed by atoms with van der Waals surface area (Å²) in [6, 6.07) is 4.79. The van der Waals surface area contributed by atoms with Crippen molar-refractivity contribution in [3.8, 4) is 5.75 Å². The fraction of sp³-hybridized carbons (Fsp3) is 0.300. The van der Waals surface area contributed by atoms with E-state index >= 15 is 0 Å². The van der Waals surface area contributed by atoms with E-state index in [0.29, 0.717) is 5.56 Å². The Morgan fingerprint density at radius 2 is 2.08 bits per heavy atom. The van der Waals surface area contributed by atoms with Crippen molar-refractivity contribution >= 4 is 6.29 Å². The van der Waals surface area contributed by atoms with E-state index in [-0.39, 0.29) is 11.7 Å². The average molecular weight is 164 g/mol. The van der Waals surface area contributed by atoms with Crippen LogP contribution < -0.4 is 0 Å². The first-order chi connectivity index (χ1) is 5.65. The number of aldehydes is 1. The molecule has 0 aliphatic rings. The highest BCUT2D eigenvalue weighted by atomic mass is 16.3. The van der Waals surface area contributed by atoms with Crippen LogP contribution in [0.1, 0.15) is 35.7 Å². The molecule has 1 aromatic carbocycles. The van der Waals surface area contributed by atoms with Gasteiger partial charge in [0.15, 0.2) is 0 Å². The molecular formula is C10H12O2. The minimum absolute atomic E-state index is 0.212.